The first-order valence-electron chi connectivity index (χ1n) is 9.53. The molecule has 0 bridgehead atoms. The molecule has 1 aliphatic rings. The molecule has 1 aliphatic carbocycles. The van der Waals surface area contributed by atoms with Crippen molar-refractivity contribution in [2.45, 2.75) is 18.8 Å². The van der Waals surface area contributed by atoms with Crippen LogP contribution in [-0.4, -0.2) is 0 Å². The lowest BCUT2D eigenvalue weighted by atomic mass is 9.67. The van der Waals surface area contributed by atoms with Crippen molar-refractivity contribution in [1.29, 1.82) is 0 Å². The van der Waals surface area contributed by atoms with E-state index in [0.29, 0.717) is 0 Å². The third-order valence-corrected chi connectivity index (χ3v) is 5.76. The normalized spacial score (nSPS) is 14.9. The van der Waals surface area contributed by atoms with Gasteiger partial charge in [0.25, 0.3) is 0 Å². The van der Waals surface area contributed by atoms with Crippen LogP contribution in [0, 0.1) is 12.3 Å². The van der Waals surface area contributed by atoms with Crippen molar-refractivity contribution in [3.63, 3.8) is 0 Å². The second-order valence-corrected chi connectivity index (χ2v) is 7.13. The molecule has 0 radical (unpaired) electrons. The van der Waals surface area contributed by atoms with Gasteiger partial charge in [0.05, 0.1) is 5.41 Å². The van der Waals surface area contributed by atoms with Crippen LogP contribution in [0.1, 0.15) is 35.6 Å². The first-order chi connectivity index (χ1) is 13.7. The summed E-state index contributed by atoms with van der Waals surface area (Å²) in [7, 11) is 0. The van der Waals surface area contributed by atoms with E-state index in [9.17, 15) is 0 Å². The molecular formula is C27H23N. The number of fused-ring (bicyclic) bond motifs is 1. The molecule has 0 fully saturated rings. The summed E-state index contributed by atoms with van der Waals surface area (Å²) >= 11 is 0. The van der Waals surface area contributed by atoms with Gasteiger partial charge in [-0.2, -0.15) is 0 Å². The number of rotatable bonds is 4. The van der Waals surface area contributed by atoms with E-state index in [2.05, 4.69) is 85.7 Å². The van der Waals surface area contributed by atoms with E-state index >= 15 is 0 Å². The molecule has 4 rings (SSSR count). The van der Waals surface area contributed by atoms with Gasteiger partial charge in [-0.1, -0.05) is 84.8 Å². The number of nitrogens with two attached hydrogens (primary N) is 1. The van der Waals surface area contributed by atoms with Gasteiger partial charge in [-0.05, 0) is 53.3 Å². The molecule has 28 heavy (non-hydrogen) atoms. The number of hydrogen-bond acceptors (Lipinski definition) is 1. The first-order valence-corrected chi connectivity index (χ1v) is 9.53. The number of benzene rings is 3. The highest BCUT2D eigenvalue weighted by Crippen LogP contribution is 2.56. The molecule has 0 amide bonds. The Morgan fingerprint density at radius 2 is 1.50 bits per heavy atom. The van der Waals surface area contributed by atoms with Crippen LogP contribution in [0.4, 0.5) is 5.69 Å². The summed E-state index contributed by atoms with van der Waals surface area (Å²) in [6, 6.07) is 27.5. The summed E-state index contributed by atoms with van der Waals surface area (Å²) < 4.78 is 0. The predicted molar refractivity (Wildman–Crippen MR) is 119 cm³/mol. The van der Waals surface area contributed by atoms with Gasteiger partial charge >= 0.3 is 0 Å². The molecule has 0 aliphatic heterocycles. The highest BCUT2D eigenvalue weighted by atomic mass is 14.6. The molecule has 0 aromatic heterocycles. The summed E-state index contributed by atoms with van der Waals surface area (Å²) in [5.74, 6) is 2.60. The second kappa shape index (κ2) is 7.25. The molecular weight excluding hydrogens is 338 g/mol. The van der Waals surface area contributed by atoms with Crippen LogP contribution in [0.15, 0.2) is 96.6 Å². The van der Waals surface area contributed by atoms with Crippen molar-refractivity contribution in [3.05, 3.63) is 119 Å². The topological polar surface area (TPSA) is 26.0 Å². The molecule has 2 N–H and O–H groups in total. The molecule has 3 aromatic carbocycles. The van der Waals surface area contributed by atoms with Gasteiger partial charge in [0.15, 0.2) is 0 Å². The summed E-state index contributed by atoms with van der Waals surface area (Å²) in [6.07, 6.45) is 10.0. The fraction of sp³-hybridized carbons (Fsp3) is 0.111. The zero-order valence-corrected chi connectivity index (χ0v) is 16.0. The van der Waals surface area contributed by atoms with E-state index in [4.69, 9.17) is 12.2 Å². The van der Waals surface area contributed by atoms with Gasteiger partial charge in [-0.3, -0.25) is 0 Å². The number of allylic oxidation sites excluding steroid dienone is 4. The standard InChI is InChI=1S/C27H23N/c1-3-4-7-17-23-20(2)27(21-13-8-5-9-14-21,22-15-10-6-11-16-22)26-24(23)18-12-19-25(26)28/h1,4-16,18-19H,17,28H2,2H3/b7-4-. The Bertz CT molecular complexity index is 1060. The Kier molecular flexibility index (Phi) is 4.63. The van der Waals surface area contributed by atoms with Gasteiger partial charge in [0, 0.05) is 11.3 Å². The fourth-order valence-electron chi connectivity index (χ4n) is 4.63. The molecule has 1 nitrogen and oxygen atoms in total. The van der Waals surface area contributed by atoms with Crippen molar-refractivity contribution in [2.75, 3.05) is 5.73 Å². The van der Waals surface area contributed by atoms with Crippen molar-refractivity contribution in [2.24, 2.45) is 0 Å². The maximum atomic E-state index is 6.62. The van der Waals surface area contributed by atoms with Crippen LogP contribution >= 0.6 is 0 Å². The Morgan fingerprint density at radius 1 is 0.893 bits per heavy atom. The number of hydrogen-bond donors (Lipinski definition) is 1. The minimum atomic E-state index is -0.400. The van der Waals surface area contributed by atoms with E-state index in [1.54, 1.807) is 6.08 Å². The van der Waals surface area contributed by atoms with Crippen LogP contribution in [0.3, 0.4) is 0 Å². The van der Waals surface area contributed by atoms with Gasteiger partial charge < -0.3 is 5.73 Å². The third kappa shape index (κ3) is 2.58. The predicted octanol–water partition coefficient (Wildman–Crippen LogP) is 5.97. The molecule has 0 heterocycles. The van der Waals surface area contributed by atoms with Crippen molar-refractivity contribution in [1.82, 2.24) is 0 Å². The average Bonchev–Trinajstić information content (AvgIpc) is 3.00. The largest absolute Gasteiger partial charge is 0.398 e. The number of nitrogen functional groups attached to an aromatic ring is 1. The SMILES string of the molecule is C#C/C=C\CC1=C(C)C(c2ccccc2)(c2ccccc2)c2c(N)cccc21. The van der Waals surface area contributed by atoms with E-state index < -0.39 is 5.41 Å². The van der Waals surface area contributed by atoms with Gasteiger partial charge in [-0.15, -0.1) is 6.42 Å². The lowest BCUT2D eigenvalue weighted by Crippen LogP contribution is -2.29. The summed E-state index contributed by atoms with van der Waals surface area (Å²) in [6.45, 7) is 2.23. The van der Waals surface area contributed by atoms with Crippen LogP contribution in [0.2, 0.25) is 0 Å². The van der Waals surface area contributed by atoms with Crippen molar-refractivity contribution < 1.29 is 0 Å². The maximum Gasteiger partial charge on any atom is 0.0690 e. The van der Waals surface area contributed by atoms with E-state index in [-0.39, 0.29) is 0 Å². The molecule has 3 aromatic rings. The lowest BCUT2D eigenvalue weighted by molar-refractivity contribution is 0.745. The number of terminal acetylenes is 1. The van der Waals surface area contributed by atoms with Crippen LogP contribution < -0.4 is 5.73 Å². The highest BCUT2D eigenvalue weighted by molar-refractivity contribution is 5.89. The third-order valence-electron chi connectivity index (χ3n) is 5.76. The van der Waals surface area contributed by atoms with Gasteiger partial charge in [0.1, 0.15) is 0 Å². The second-order valence-electron chi connectivity index (χ2n) is 7.13. The van der Waals surface area contributed by atoms with Crippen LogP contribution in [0.25, 0.3) is 5.57 Å². The lowest BCUT2D eigenvalue weighted by Gasteiger charge is -2.35. The summed E-state index contributed by atoms with van der Waals surface area (Å²) in [5.41, 5.74) is 14.5. The Hall–Kier alpha value is -3.50. The van der Waals surface area contributed by atoms with Crippen LogP contribution in [0.5, 0.6) is 0 Å². The Morgan fingerprint density at radius 3 is 2.07 bits per heavy atom. The highest BCUT2D eigenvalue weighted by Gasteiger charge is 2.46. The number of anilines is 1. The molecule has 0 saturated heterocycles. The van der Waals surface area contributed by atoms with Crippen molar-refractivity contribution in [3.8, 4) is 12.3 Å². The minimum absolute atomic E-state index is 0.400. The minimum Gasteiger partial charge on any atom is -0.398 e. The zero-order valence-electron chi connectivity index (χ0n) is 16.0. The smallest absolute Gasteiger partial charge is 0.0690 e. The average molecular weight is 361 g/mol. The molecule has 0 atom stereocenters. The molecule has 0 spiro atoms. The first kappa shape index (κ1) is 17.9. The molecule has 1 heteroatoms. The van der Waals surface area contributed by atoms with Crippen molar-refractivity contribution >= 4 is 11.3 Å². The molecule has 136 valence electrons. The molecule has 0 saturated carbocycles. The van der Waals surface area contributed by atoms with Crippen LogP contribution in [-0.2, 0) is 5.41 Å². The monoisotopic (exact) mass is 361 g/mol. The Labute approximate surface area is 167 Å². The van der Waals surface area contributed by atoms with Gasteiger partial charge in [0.2, 0.25) is 0 Å². The quantitative estimate of drug-likeness (QED) is 0.450. The van der Waals surface area contributed by atoms with E-state index in [1.807, 2.05) is 12.1 Å². The molecule has 0 unspecified atom stereocenters. The maximum absolute atomic E-state index is 6.62. The summed E-state index contributed by atoms with van der Waals surface area (Å²) in [5, 5.41) is 0. The summed E-state index contributed by atoms with van der Waals surface area (Å²) in [4.78, 5) is 0. The fourth-order valence-corrected chi connectivity index (χ4v) is 4.63. The van der Waals surface area contributed by atoms with Gasteiger partial charge in [-0.25, -0.2) is 0 Å². The van der Waals surface area contributed by atoms with E-state index in [0.717, 1.165) is 12.1 Å². The Balaban J connectivity index is 2.11. The zero-order chi connectivity index (χ0) is 19.6. The van der Waals surface area contributed by atoms with E-state index in [1.165, 1.54) is 33.4 Å².